The molecular formula is C18H14ClFO6S2. The first-order valence-corrected chi connectivity index (χ1v) is 11.2. The highest BCUT2D eigenvalue weighted by atomic mass is 35.5. The second kappa shape index (κ2) is 6.98. The van der Waals surface area contributed by atoms with E-state index in [9.17, 15) is 21.6 Å². The van der Waals surface area contributed by atoms with Gasteiger partial charge in [-0.1, -0.05) is 41.9 Å². The first-order valence-electron chi connectivity index (χ1n) is 7.90. The van der Waals surface area contributed by atoms with Crippen LogP contribution < -0.4 is 0 Å². The molecule has 1 unspecified atom stereocenters. The molecule has 0 amide bonds. The second-order valence-corrected chi connectivity index (χ2v) is 10.8. The van der Waals surface area contributed by atoms with Crippen molar-refractivity contribution < 1.29 is 30.8 Å². The summed E-state index contributed by atoms with van der Waals surface area (Å²) in [5.74, 6) is -1.04. The SMILES string of the molecule is CC(=O)OC(/C=C/c1ccc(Cl)cc1)C1(F)S(=O)(=O)c2ccccc2S1(=O)=O. The number of alkyl halides is 1. The normalized spacial score (nSPS) is 19.8. The van der Waals surface area contributed by atoms with Gasteiger partial charge in [0.25, 0.3) is 0 Å². The smallest absolute Gasteiger partial charge is 0.357 e. The van der Waals surface area contributed by atoms with Crippen LogP contribution in [0.5, 0.6) is 0 Å². The fourth-order valence-corrected chi connectivity index (χ4v) is 7.94. The Morgan fingerprint density at radius 1 is 1.04 bits per heavy atom. The summed E-state index contributed by atoms with van der Waals surface area (Å²) < 4.78 is 68.1. The maximum atomic E-state index is 15.9. The predicted octanol–water partition coefficient (Wildman–Crippen LogP) is 3.17. The van der Waals surface area contributed by atoms with Crippen LogP contribution in [0.25, 0.3) is 6.08 Å². The minimum atomic E-state index is -5.01. The Balaban J connectivity index is 2.17. The number of fused-ring (bicyclic) bond motifs is 1. The van der Waals surface area contributed by atoms with Gasteiger partial charge in [-0.3, -0.25) is 4.79 Å². The van der Waals surface area contributed by atoms with Crippen molar-refractivity contribution in [2.45, 2.75) is 27.2 Å². The second-order valence-electron chi connectivity index (χ2n) is 5.98. The number of esters is 1. The maximum Gasteiger partial charge on any atom is 0.357 e. The lowest BCUT2D eigenvalue weighted by Crippen LogP contribution is -2.48. The minimum Gasteiger partial charge on any atom is -0.452 e. The van der Waals surface area contributed by atoms with E-state index in [4.69, 9.17) is 16.3 Å². The van der Waals surface area contributed by atoms with Crippen molar-refractivity contribution in [2.24, 2.45) is 0 Å². The average Bonchev–Trinajstić information content (AvgIpc) is 2.76. The first kappa shape index (κ1) is 20.5. The number of sulfone groups is 2. The molecule has 1 aliphatic rings. The topological polar surface area (TPSA) is 94.6 Å². The van der Waals surface area contributed by atoms with Crippen LogP contribution in [0.1, 0.15) is 12.5 Å². The summed E-state index contributed by atoms with van der Waals surface area (Å²) in [6.07, 6.45) is -0.0756. The molecule has 3 rings (SSSR count). The molecule has 0 fully saturated rings. The van der Waals surface area contributed by atoms with E-state index in [2.05, 4.69) is 0 Å². The van der Waals surface area contributed by atoms with Gasteiger partial charge in [-0.2, -0.15) is 0 Å². The van der Waals surface area contributed by atoms with E-state index in [1.165, 1.54) is 30.3 Å². The van der Waals surface area contributed by atoms with Gasteiger partial charge in [0.05, 0.1) is 9.79 Å². The quantitative estimate of drug-likeness (QED) is 0.672. The summed E-state index contributed by atoms with van der Waals surface area (Å²) in [5.41, 5.74) is 0.468. The first-order chi connectivity index (χ1) is 13.0. The number of carbonyl (C=O) groups is 1. The van der Waals surface area contributed by atoms with Gasteiger partial charge in [-0.25, -0.2) is 21.2 Å². The third-order valence-electron chi connectivity index (χ3n) is 4.13. The zero-order valence-electron chi connectivity index (χ0n) is 14.4. The van der Waals surface area contributed by atoms with Crippen LogP contribution in [-0.2, 0) is 29.2 Å². The number of benzene rings is 2. The largest absolute Gasteiger partial charge is 0.452 e. The van der Waals surface area contributed by atoms with E-state index in [-0.39, 0.29) is 0 Å². The Hall–Kier alpha value is -2.23. The molecular weight excluding hydrogens is 431 g/mol. The van der Waals surface area contributed by atoms with Gasteiger partial charge in [0, 0.05) is 11.9 Å². The van der Waals surface area contributed by atoms with Crippen molar-refractivity contribution in [2.75, 3.05) is 0 Å². The molecule has 0 saturated heterocycles. The van der Waals surface area contributed by atoms with Gasteiger partial charge >= 0.3 is 10.3 Å². The van der Waals surface area contributed by atoms with Gasteiger partial charge in [-0.15, -0.1) is 0 Å². The number of carbonyl (C=O) groups excluding carboxylic acids is 1. The highest BCUT2D eigenvalue weighted by molar-refractivity contribution is 8.12. The Kier molecular flexibility index (Phi) is 5.11. The molecule has 1 atom stereocenters. The maximum absolute atomic E-state index is 15.9. The molecule has 10 heteroatoms. The third kappa shape index (κ3) is 3.03. The molecule has 2 aromatic carbocycles. The summed E-state index contributed by atoms with van der Waals surface area (Å²) in [6.45, 7) is 0.924. The lowest BCUT2D eigenvalue weighted by atomic mass is 10.2. The van der Waals surface area contributed by atoms with E-state index >= 15 is 4.39 Å². The zero-order chi connectivity index (χ0) is 20.7. The van der Waals surface area contributed by atoms with Gasteiger partial charge in [-0.05, 0) is 35.9 Å². The van der Waals surface area contributed by atoms with Crippen molar-refractivity contribution in [3.05, 3.63) is 65.2 Å². The number of halogens is 2. The lowest BCUT2D eigenvalue weighted by molar-refractivity contribution is -0.146. The van der Waals surface area contributed by atoms with Crippen molar-refractivity contribution >= 4 is 43.3 Å². The van der Waals surface area contributed by atoms with Crippen LogP contribution in [0.2, 0.25) is 5.02 Å². The number of ether oxygens (including phenoxy) is 1. The fourth-order valence-electron chi connectivity index (χ4n) is 2.82. The summed E-state index contributed by atoms with van der Waals surface area (Å²) in [6, 6.07) is 10.7. The third-order valence-corrected chi connectivity index (χ3v) is 9.63. The van der Waals surface area contributed by atoms with E-state index in [0.717, 1.165) is 25.1 Å². The monoisotopic (exact) mass is 444 g/mol. The Labute approximate surface area is 166 Å². The Bertz CT molecular complexity index is 1120. The number of hydrogen-bond donors (Lipinski definition) is 0. The van der Waals surface area contributed by atoms with Crippen molar-refractivity contribution in [3.8, 4) is 0 Å². The van der Waals surface area contributed by atoms with Gasteiger partial charge in [0.15, 0.2) is 6.10 Å². The van der Waals surface area contributed by atoms with Gasteiger partial charge in [0.2, 0.25) is 19.7 Å². The molecule has 0 saturated carbocycles. The molecule has 0 bridgehead atoms. The molecule has 148 valence electrons. The lowest BCUT2D eigenvalue weighted by Gasteiger charge is -2.25. The molecule has 0 aliphatic carbocycles. The highest BCUT2D eigenvalue weighted by Crippen LogP contribution is 2.49. The van der Waals surface area contributed by atoms with Crippen LogP contribution in [0.3, 0.4) is 0 Å². The van der Waals surface area contributed by atoms with Crippen LogP contribution in [0, 0.1) is 0 Å². The Morgan fingerprint density at radius 2 is 1.54 bits per heavy atom. The Morgan fingerprint density at radius 3 is 2.00 bits per heavy atom. The van der Waals surface area contributed by atoms with E-state index < -0.39 is 45.9 Å². The predicted molar refractivity (Wildman–Crippen MR) is 101 cm³/mol. The fraction of sp³-hybridized carbons (Fsp3) is 0.167. The van der Waals surface area contributed by atoms with Crippen molar-refractivity contribution in [3.63, 3.8) is 0 Å². The summed E-state index contributed by atoms with van der Waals surface area (Å²) in [4.78, 5) is 10.1. The number of hydrogen-bond acceptors (Lipinski definition) is 6. The zero-order valence-corrected chi connectivity index (χ0v) is 16.8. The number of rotatable bonds is 4. The summed E-state index contributed by atoms with van der Waals surface area (Å²) in [5, 5.41) is 0.437. The van der Waals surface area contributed by atoms with Crippen LogP contribution in [-0.4, -0.2) is 33.2 Å². The van der Waals surface area contributed by atoms with Crippen LogP contribution in [0.4, 0.5) is 4.39 Å². The minimum absolute atomic E-state index is 0.437. The molecule has 6 nitrogen and oxygen atoms in total. The van der Waals surface area contributed by atoms with Crippen molar-refractivity contribution in [1.82, 2.24) is 0 Å². The molecule has 0 spiro atoms. The molecule has 0 aromatic heterocycles. The van der Waals surface area contributed by atoms with Crippen LogP contribution in [0.15, 0.2) is 64.4 Å². The van der Waals surface area contributed by atoms with Gasteiger partial charge in [0.1, 0.15) is 0 Å². The highest BCUT2D eigenvalue weighted by Gasteiger charge is 2.69. The average molecular weight is 445 g/mol. The van der Waals surface area contributed by atoms with E-state index in [0.29, 0.717) is 10.6 Å². The van der Waals surface area contributed by atoms with Gasteiger partial charge < -0.3 is 4.74 Å². The standard InChI is InChI=1S/C18H14ClFO6S2/c1-12(21)26-17(11-8-13-6-9-14(19)10-7-13)18(20)27(22,23)15-4-2-3-5-16(15)28(18,24)25/h2-11,17H,1H3/b11-8+. The van der Waals surface area contributed by atoms with Crippen LogP contribution >= 0.6 is 11.6 Å². The summed E-state index contributed by atoms with van der Waals surface area (Å²) >= 11 is 5.78. The molecule has 0 radical (unpaired) electrons. The van der Waals surface area contributed by atoms with E-state index in [1.54, 1.807) is 12.1 Å². The molecule has 1 heterocycles. The molecule has 2 aromatic rings. The summed E-state index contributed by atoms with van der Waals surface area (Å²) in [7, 11) is -10.0. The van der Waals surface area contributed by atoms with Crippen molar-refractivity contribution in [1.29, 1.82) is 0 Å². The van der Waals surface area contributed by atoms with E-state index in [1.807, 2.05) is 0 Å². The molecule has 0 N–H and O–H groups in total. The molecule has 28 heavy (non-hydrogen) atoms. The molecule has 1 aliphatic heterocycles.